The van der Waals surface area contributed by atoms with Crippen molar-refractivity contribution in [3.05, 3.63) is 53.1 Å². The van der Waals surface area contributed by atoms with Crippen LogP contribution in [0.25, 0.3) is 11.0 Å². The van der Waals surface area contributed by atoms with Gasteiger partial charge in [0, 0.05) is 37.1 Å². The molecule has 0 N–H and O–H groups in total. The third kappa shape index (κ3) is 4.68. The molecule has 2 fully saturated rings. The van der Waals surface area contributed by atoms with Crippen molar-refractivity contribution in [3.63, 3.8) is 0 Å². The van der Waals surface area contributed by atoms with Crippen LogP contribution in [0.5, 0.6) is 0 Å². The van der Waals surface area contributed by atoms with Gasteiger partial charge in [0.25, 0.3) is 0 Å². The van der Waals surface area contributed by atoms with E-state index in [4.69, 9.17) is 4.74 Å². The molecule has 2 saturated heterocycles. The minimum absolute atomic E-state index is 0.0974. The van der Waals surface area contributed by atoms with Crippen LogP contribution in [0.2, 0.25) is 0 Å². The molecule has 0 saturated carbocycles. The van der Waals surface area contributed by atoms with Crippen molar-refractivity contribution in [1.29, 1.82) is 0 Å². The van der Waals surface area contributed by atoms with Crippen molar-refractivity contribution in [2.75, 3.05) is 19.7 Å². The van der Waals surface area contributed by atoms with E-state index >= 15 is 0 Å². The van der Waals surface area contributed by atoms with Crippen molar-refractivity contribution in [2.24, 2.45) is 0 Å². The number of fused-ring (bicyclic) bond motifs is 1. The van der Waals surface area contributed by atoms with Crippen LogP contribution in [0.3, 0.4) is 0 Å². The monoisotopic (exact) mass is 529 g/mol. The quantitative estimate of drug-likeness (QED) is 0.249. The number of nitrogens with zero attached hydrogens (tertiary/aromatic N) is 3. The molecule has 2 aromatic carbocycles. The highest BCUT2D eigenvalue weighted by Crippen LogP contribution is 2.33. The van der Waals surface area contributed by atoms with E-state index in [0.29, 0.717) is 42.4 Å². The Balaban J connectivity index is 1.51. The van der Waals surface area contributed by atoms with Crippen LogP contribution < -0.4 is 0 Å². The Hall–Kier alpha value is -2.15. The summed E-state index contributed by atoms with van der Waals surface area (Å²) in [5.74, 6) is -6.23. The Morgan fingerprint density at radius 2 is 1.74 bits per heavy atom. The molecule has 1 atom stereocenters. The molecule has 2 aliphatic rings. The molecule has 12 heteroatoms. The van der Waals surface area contributed by atoms with Crippen LogP contribution in [-0.4, -0.2) is 48.1 Å². The van der Waals surface area contributed by atoms with E-state index in [0.717, 1.165) is 37.4 Å². The average molecular weight is 530 g/mol. The highest BCUT2D eigenvalue weighted by Gasteiger charge is 2.29. The molecule has 3 aromatic rings. The van der Waals surface area contributed by atoms with Crippen molar-refractivity contribution >= 4 is 32.8 Å². The number of thioether (sulfide) groups is 1. The molecule has 0 amide bonds. The van der Waals surface area contributed by atoms with Gasteiger partial charge in [-0.05, 0) is 43.9 Å². The maximum atomic E-state index is 14.2. The lowest BCUT2D eigenvalue weighted by atomic mass is 10.2. The number of aromatic nitrogens is 2. The van der Waals surface area contributed by atoms with E-state index in [1.54, 1.807) is 10.6 Å². The third-order valence-electron chi connectivity index (χ3n) is 6.35. The van der Waals surface area contributed by atoms with Gasteiger partial charge in [0.05, 0.1) is 28.6 Å². The molecular formula is C23H23F4N3O3S2. The number of rotatable bonds is 7. The standard InChI is InChI=1S/C23H23F4N3O3S2/c24-17-11-18(25)22(27)16(21(17)26)13-34-23-28-19-10-15(35(31,32)29-7-1-2-8-29)5-6-20(19)30(23)12-14-4-3-9-33-14/h5-6,10-11,14H,1-4,7-9,12-13H2/t14-/m1/s1. The fraction of sp³-hybridized carbons (Fsp3) is 0.435. The van der Waals surface area contributed by atoms with Gasteiger partial charge in [0.1, 0.15) is 0 Å². The van der Waals surface area contributed by atoms with Crippen LogP contribution >= 0.6 is 11.8 Å². The number of sulfonamides is 1. The van der Waals surface area contributed by atoms with E-state index in [1.165, 1.54) is 16.4 Å². The number of ether oxygens (including phenoxy) is 1. The minimum atomic E-state index is -3.66. The Morgan fingerprint density at radius 3 is 2.40 bits per heavy atom. The summed E-state index contributed by atoms with van der Waals surface area (Å²) in [4.78, 5) is 4.65. The zero-order chi connectivity index (χ0) is 24.7. The second-order valence-electron chi connectivity index (χ2n) is 8.64. The van der Waals surface area contributed by atoms with Gasteiger partial charge in [0.2, 0.25) is 10.0 Å². The second kappa shape index (κ2) is 9.72. The molecule has 0 unspecified atom stereocenters. The van der Waals surface area contributed by atoms with Crippen LogP contribution in [0, 0.1) is 23.3 Å². The summed E-state index contributed by atoms with van der Waals surface area (Å²) >= 11 is 0.917. The fourth-order valence-corrected chi connectivity index (χ4v) is 7.05. The van der Waals surface area contributed by atoms with Crippen molar-refractivity contribution in [3.8, 4) is 0 Å². The zero-order valence-electron chi connectivity index (χ0n) is 18.6. The second-order valence-corrected chi connectivity index (χ2v) is 11.5. The molecule has 3 heterocycles. The average Bonchev–Trinajstić information content (AvgIpc) is 3.60. The predicted molar refractivity (Wildman–Crippen MR) is 123 cm³/mol. The van der Waals surface area contributed by atoms with E-state index in [2.05, 4.69) is 4.98 Å². The molecule has 0 aliphatic carbocycles. The van der Waals surface area contributed by atoms with Gasteiger partial charge in [-0.15, -0.1) is 0 Å². The van der Waals surface area contributed by atoms with E-state index < -0.39 is 44.6 Å². The number of hydrogen-bond donors (Lipinski definition) is 0. The van der Waals surface area contributed by atoms with E-state index in [9.17, 15) is 26.0 Å². The molecule has 6 nitrogen and oxygen atoms in total. The zero-order valence-corrected chi connectivity index (χ0v) is 20.3. The molecule has 2 aliphatic heterocycles. The minimum Gasteiger partial charge on any atom is -0.376 e. The SMILES string of the molecule is O=S(=O)(c1ccc2c(c1)nc(SCc1c(F)c(F)cc(F)c1F)n2C[C@H]1CCCO1)N1CCCC1. The Bertz CT molecular complexity index is 1340. The van der Waals surface area contributed by atoms with Crippen molar-refractivity contribution < 1.29 is 30.7 Å². The highest BCUT2D eigenvalue weighted by atomic mass is 32.2. The number of imidazole rings is 1. The van der Waals surface area contributed by atoms with E-state index in [-0.39, 0.29) is 17.1 Å². The Kier molecular flexibility index (Phi) is 6.81. The first-order valence-electron chi connectivity index (χ1n) is 11.3. The Morgan fingerprint density at radius 1 is 1.03 bits per heavy atom. The Labute approximate surface area is 204 Å². The molecule has 1 aromatic heterocycles. The topological polar surface area (TPSA) is 64.4 Å². The van der Waals surface area contributed by atoms with Crippen LogP contribution in [0.15, 0.2) is 34.3 Å². The molecule has 35 heavy (non-hydrogen) atoms. The summed E-state index contributed by atoms with van der Waals surface area (Å²) in [6, 6.07) is 4.85. The molecular weight excluding hydrogens is 506 g/mol. The first-order valence-corrected chi connectivity index (χ1v) is 13.7. The lowest BCUT2D eigenvalue weighted by molar-refractivity contribution is 0.0960. The predicted octanol–water partition coefficient (Wildman–Crippen LogP) is 4.85. The number of halogens is 4. The fourth-order valence-electron chi connectivity index (χ4n) is 4.49. The van der Waals surface area contributed by atoms with Gasteiger partial charge in [0.15, 0.2) is 28.4 Å². The number of hydrogen-bond acceptors (Lipinski definition) is 5. The smallest absolute Gasteiger partial charge is 0.243 e. The normalized spacial score (nSPS) is 19.3. The summed E-state index contributed by atoms with van der Waals surface area (Å²) < 4.78 is 90.7. The van der Waals surface area contributed by atoms with Gasteiger partial charge in [-0.25, -0.2) is 31.0 Å². The van der Waals surface area contributed by atoms with Crippen LogP contribution in [0.4, 0.5) is 17.6 Å². The maximum absolute atomic E-state index is 14.2. The number of benzene rings is 2. The van der Waals surface area contributed by atoms with Crippen LogP contribution in [0.1, 0.15) is 31.2 Å². The first-order chi connectivity index (χ1) is 16.8. The van der Waals surface area contributed by atoms with Gasteiger partial charge in [-0.3, -0.25) is 0 Å². The largest absolute Gasteiger partial charge is 0.376 e. The first kappa shape index (κ1) is 24.5. The molecule has 5 rings (SSSR count). The summed E-state index contributed by atoms with van der Waals surface area (Å²) in [5.41, 5.74) is 0.312. The highest BCUT2D eigenvalue weighted by molar-refractivity contribution is 7.98. The summed E-state index contributed by atoms with van der Waals surface area (Å²) in [6.45, 7) is 1.96. The molecule has 188 valence electrons. The van der Waals surface area contributed by atoms with Crippen molar-refractivity contribution in [1.82, 2.24) is 13.9 Å². The van der Waals surface area contributed by atoms with E-state index in [1.807, 2.05) is 0 Å². The summed E-state index contributed by atoms with van der Waals surface area (Å²) in [7, 11) is -3.66. The maximum Gasteiger partial charge on any atom is 0.243 e. The van der Waals surface area contributed by atoms with Gasteiger partial charge >= 0.3 is 0 Å². The van der Waals surface area contributed by atoms with Crippen molar-refractivity contribution in [2.45, 2.75) is 54.1 Å². The molecule has 0 spiro atoms. The van der Waals surface area contributed by atoms with Crippen LogP contribution in [-0.2, 0) is 27.1 Å². The lowest BCUT2D eigenvalue weighted by Crippen LogP contribution is -2.27. The third-order valence-corrected chi connectivity index (χ3v) is 9.24. The summed E-state index contributed by atoms with van der Waals surface area (Å²) in [5, 5.41) is 0.342. The molecule has 0 bridgehead atoms. The van der Waals surface area contributed by atoms with Gasteiger partial charge in [-0.1, -0.05) is 11.8 Å². The summed E-state index contributed by atoms with van der Waals surface area (Å²) in [6.07, 6.45) is 3.25. The van der Waals surface area contributed by atoms with Gasteiger partial charge < -0.3 is 9.30 Å². The van der Waals surface area contributed by atoms with Gasteiger partial charge in [-0.2, -0.15) is 4.31 Å². The molecule has 0 radical (unpaired) electrons. The lowest BCUT2D eigenvalue weighted by Gasteiger charge is -2.16.